The third-order valence-electron chi connectivity index (χ3n) is 3.20. The Bertz CT molecular complexity index is 665. The molecular formula is C14H18FN5O. The van der Waals surface area contributed by atoms with Crippen LogP contribution in [0.15, 0.2) is 23.4 Å². The molecule has 0 aliphatic heterocycles. The highest BCUT2D eigenvalue weighted by molar-refractivity contribution is 5.98. The second-order valence-corrected chi connectivity index (χ2v) is 4.60. The van der Waals surface area contributed by atoms with E-state index < -0.39 is 5.82 Å². The molecule has 2 aromatic rings. The number of nitrogens with two attached hydrogens (primary N) is 1. The molecule has 1 heterocycles. The van der Waals surface area contributed by atoms with Gasteiger partial charge in [0.15, 0.2) is 11.7 Å². The number of aromatic nitrogens is 3. The number of hydrogen-bond donors (Lipinski definition) is 2. The van der Waals surface area contributed by atoms with Gasteiger partial charge in [-0.05, 0) is 17.7 Å². The Morgan fingerprint density at radius 2 is 2.14 bits per heavy atom. The van der Waals surface area contributed by atoms with Crippen LogP contribution in [0.1, 0.15) is 36.6 Å². The summed E-state index contributed by atoms with van der Waals surface area (Å²) < 4.78 is 15.1. The zero-order chi connectivity index (χ0) is 15.4. The second kappa shape index (κ2) is 6.34. The molecule has 0 aliphatic carbocycles. The average Bonchev–Trinajstić information content (AvgIpc) is 2.90. The molecule has 1 aromatic heterocycles. The van der Waals surface area contributed by atoms with E-state index in [1.165, 1.54) is 12.1 Å². The Morgan fingerprint density at radius 1 is 1.38 bits per heavy atom. The summed E-state index contributed by atoms with van der Waals surface area (Å²) in [4.78, 5) is 4.42. The van der Waals surface area contributed by atoms with Crippen molar-refractivity contribution in [2.45, 2.75) is 33.2 Å². The van der Waals surface area contributed by atoms with Crippen LogP contribution in [0.4, 0.5) is 4.39 Å². The summed E-state index contributed by atoms with van der Waals surface area (Å²) in [5.41, 5.74) is 6.68. The number of amidine groups is 1. The number of hydrogen-bond acceptors (Lipinski definition) is 4. The van der Waals surface area contributed by atoms with Gasteiger partial charge in [-0.15, -0.1) is 0 Å². The maximum atomic E-state index is 13.4. The Labute approximate surface area is 122 Å². The van der Waals surface area contributed by atoms with E-state index in [4.69, 9.17) is 10.9 Å². The van der Waals surface area contributed by atoms with E-state index in [9.17, 15) is 4.39 Å². The molecule has 7 heteroatoms. The minimum absolute atomic E-state index is 0.127. The van der Waals surface area contributed by atoms with E-state index in [2.05, 4.69) is 15.2 Å². The SMILES string of the molecule is CCc1nc(CC)n(Cc2ccc(F)cc2C(N)=NO)n1. The fourth-order valence-electron chi connectivity index (χ4n) is 2.10. The molecule has 0 saturated carbocycles. The molecular weight excluding hydrogens is 273 g/mol. The number of oxime groups is 1. The molecule has 0 unspecified atom stereocenters. The van der Waals surface area contributed by atoms with Crippen molar-refractivity contribution in [1.82, 2.24) is 14.8 Å². The number of nitrogens with zero attached hydrogens (tertiary/aromatic N) is 4. The second-order valence-electron chi connectivity index (χ2n) is 4.60. The van der Waals surface area contributed by atoms with Gasteiger partial charge in [0.2, 0.25) is 0 Å². The highest BCUT2D eigenvalue weighted by Gasteiger charge is 2.13. The highest BCUT2D eigenvalue weighted by Crippen LogP contribution is 2.14. The summed E-state index contributed by atoms with van der Waals surface area (Å²) in [5, 5.41) is 16.2. The van der Waals surface area contributed by atoms with Gasteiger partial charge in [-0.25, -0.2) is 14.1 Å². The minimum Gasteiger partial charge on any atom is -0.409 e. The molecule has 0 fully saturated rings. The molecule has 0 bridgehead atoms. The van der Waals surface area contributed by atoms with Crippen molar-refractivity contribution < 1.29 is 9.60 Å². The summed E-state index contributed by atoms with van der Waals surface area (Å²) in [6, 6.07) is 4.19. The fourth-order valence-corrected chi connectivity index (χ4v) is 2.10. The average molecular weight is 291 g/mol. The van der Waals surface area contributed by atoms with Crippen LogP contribution >= 0.6 is 0 Å². The summed E-state index contributed by atoms with van der Waals surface area (Å²) in [5.74, 6) is 1.04. The molecule has 0 amide bonds. The van der Waals surface area contributed by atoms with Gasteiger partial charge < -0.3 is 10.9 Å². The van der Waals surface area contributed by atoms with Crippen molar-refractivity contribution in [3.05, 3.63) is 46.8 Å². The molecule has 0 spiro atoms. The van der Waals surface area contributed by atoms with Crippen LogP contribution in [0, 0.1) is 5.82 Å². The van der Waals surface area contributed by atoms with Crippen LogP contribution in [-0.2, 0) is 19.4 Å². The molecule has 21 heavy (non-hydrogen) atoms. The Kier molecular flexibility index (Phi) is 4.52. The first-order valence-electron chi connectivity index (χ1n) is 6.77. The molecule has 6 nitrogen and oxygen atoms in total. The first-order chi connectivity index (χ1) is 10.1. The molecule has 3 N–H and O–H groups in total. The quantitative estimate of drug-likeness (QED) is 0.379. The zero-order valence-corrected chi connectivity index (χ0v) is 12.0. The minimum atomic E-state index is -0.441. The first-order valence-corrected chi connectivity index (χ1v) is 6.77. The first kappa shape index (κ1) is 15.0. The largest absolute Gasteiger partial charge is 0.409 e. The maximum absolute atomic E-state index is 13.4. The standard InChI is InChI=1S/C14H18FN5O/c1-3-12-17-13(4-2)20(18-12)8-9-5-6-10(15)7-11(9)14(16)19-21/h5-7,21H,3-4,8H2,1-2H3,(H2,16,19). The van der Waals surface area contributed by atoms with Crippen molar-refractivity contribution in [3.63, 3.8) is 0 Å². The highest BCUT2D eigenvalue weighted by atomic mass is 19.1. The summed E-state index contributed by atoms with van der Waals surface area (Å²) in [7, 11) is 0. The molecule has 112 valence electrons. The number of benzene rings is 1. The van der Waals surface area contributed by atoms with Crippen molar-refractivity contribution in [3.8, 4) is 0 Å². The maximum Gasteiger partial charge on any atom is 0.170 e. The van der Waals surface area contributed by atoms with E-state index in [1.54, 1.807) is 10.7 Å². The Balaban J connectivity index is 2.42. The van der Waals surface area contributed by atoms with Gasteiger partial charge in [0, 0.05) is 18.4 Å². The van der Waals surface area contributed by atoms with Crippen molar-refractivity contribution in [2.24, 2.45) is 10.9 Å². The monoisotopic (exact) mass is 291 g/mol. The lowest BCUT2D eigenvalue weighted by Crippen LogP contribution is -2.18. The topological polar surface area (TPSA) is 89.3 Å². The van der Waals surface area contributed by atoms with Crippen LogP contribution in [0.5, 0.6) is 0 Å². The number of aryl methyl sites for hydroxylation is 2. The lowest BCUT2D eigenvalue weighted by atomic mass is 10.1. The predicted molar refractivity (Wildman–Crippen MR) is 76.8 cm³/mol. The molecule has 0 radical (unpaired) electrons. The van der Waals surface area contributed by atoms with Gasteiger partial charge in [0.05, 0.1) is 6.54 Å². The van der Waals surface area contributed by atoms with Crippen LogP contribution < -0.4 is 5.73 Å². The van der Waals surface area contributed by atoms with Gasteiger partial charge in [-0.2, -0.15) is 5.10 Å². The Hall–Kier alpha value is -2.44. The van der Waals surface area contributed by atoms with E-state index in [1.807, 2.05) is 13.8 Å². The normalized spacial score (nSPS) is 11.9. The summed E-state index contributed by atoms with van der Waals surface area (Å²) in [6.07, 6.45) is 1.49. The van der Waals surface area contributed by atoms with Gasteiger partial charge in [-0.3, -0.25) is 0 Å². The van der Waals surface area contributed by atoms with E-state index in [0.717, 1.165) is 24.5 Å². The fraction of sp³-hybridized carbons (Fsp3) is 0.357. The Morgan fingerprint density at radius 3 is 2.76 bits per heavy atom. The van der Waals surface area contributed by atoms with Gasteiger partial charge in [0.25, 0.3) is 0 Å². The number of rotatable bonds is 5. The van der Waals surface area contributed by atoms with Crippen LogP contribution in [0.3, 0.4) is 0 Å². The summed E-state index contributed by atoms with van der Waals surface area (Å²) in [6.45, 7) is 4.37. The van der Waals surface area contributed by atoms with Crippen molar-refractivity contribution in [2.75, 3.05) is 0 Å². The lowest BCUT2D eigenvalue weighted by molar-refractivity contribution is 0.318. The molecule has 0 saturated heterocycles. The third kappa shape index (κ3) is 3.18. The number of halogens is 1. The van der Waals surface area contributed by atoms with Crippen LogP contribution in [-0.4, -0.2) is 25.8 Å². The van der Waals surface area contributed by atoms with Gasteiger partial charge in [-0.1, -0.05) is 25.1 Å². The zero-order valence-electron chi connectivity index (χ0n) is 12.0. The van der Waals surface area contributed by atoms with Crippen LogP contribution in [0.25, 0.3) is 0 Å². The lowest BCUT2D eigenvalue weighted by Gasteiger charge is -2.10. The van der Waals surface area contributed by atoms with Crippen molar-refractivity contribution in [1.29, 1.82) is 0 Å². The van der Waals surface area contributed by atoms with E-state index in [-0.39, 0.29) is 5.84 Å². The molecule has 2 rings (SSSR count). The summed E-state index contributed by atoms with van der Waals surface area (Å²) >= 11 is 0. The molecule has 0 aliphatic rings. The van der Waals surface area contributed by atoms with E-state index >= 15 is 0 Å². The van der Waals surface area contributed by atoms with Gasteiger partial charge >= 0.3 is 0 Å². The third-order valence-corrected chi connectivity index (χ3v) is 3.20. The van der Waals surface area contributed by atoms with Crippen LogP contribution in [0.2, 0.25) is 0 Å². The molecule has 0 atom stereocenters. The van der Waals surface area contributed by atoms with Gasteiger partial charge in [0.1, 0.15) is 11.6 Å². The molecule has 1 aromatic carbocycles. The van der Waals surface area contributed by atoms with Crippen molar-refractivity contribution >= 4 is 5.84 Å². The smallest absolute Gasteiger partial charge is 0.170 e. The predicted octanol–water partition coefficient (Wildman–Crippen LogP) is 1.68. The van der Waals surface area contributed by atoms with E-state index in [0.29, 0.717) is 17.7 Å².